The standard InChI is InChI=1S/C29H31N3O5/c1-19-10-12-20(13-11-19)28(34)30-22-6-2-4-8-24(22)35-17-21(33)16-31-15-14-26-27(29(31)37-26)32-18-36-25-9-5-3-7-23(25)32/h2-13,21,26-27,29,33H,14-18H2,1H3,(H,30,34). The summed E-state index contributed by atoms with van der Waals surface area (Å²) in [7, 11) is 0. The number of aliphatic hydroxyl groups is 1. The van der Waals surface area contributed by atoms with Gasteiger partial charge in [-0.1, -0.05) is 42.0 Å². The monoisotopic (exact) mass is 501 g/mol. The summed E-state index contributed by atoms with van der Waals surface area (Å²) in [4.78, 5) is 17.1. The van der Waals surface area contributed by atoms with E-state index in [1.165, 1.54) is 0 Å². The number of anilines is 2. The van der Waals surface area contributed by atoms with Crippen LogP contribution in [0.15, 0.2) is 72.8 Å². The molecule has 3 aromatic rings. The fraction of sp³-hybridized carbons (Fsp3) is 0.345. The molecule has 192 valence electrons. The van der Waals surface area contributed by atoms with Crippen LogP contribution in [-0.2, 0) is 4.74 Å². The molecule has 2 bridgehead atoms. The fourth-order valence-electron chi connectivity index (χ4n) is 5.32. The van der Waals surface area contributed by atoms with Gasteiger partial charge in [-0.25, -0.2) is 0 Å². The summed E-state index contributed by atoms with van der Waals surface area (Å²) in [6, 6.07) is 22.9. The third-order valence-corrected chi connectivity index (χ3v) is 7.27. The first-order valence-corrected chi connectivity index (χ1v) is 12.7. The molecular formula is C29H31N3O5. The summed E-state index contributed by atoms with van der Waals surface area (Å²) in [5.74, 6) is 1.21. The van der Waals surface area contributed by atoms with Crippen LogP contribution < -0.4 is 19.7 Å². The number of carbonyl (C=O) groups excluding carboxylic acids is 1. The SMILES string of the molecule is Cc1ccc(C(=O)Nc2ccccc2OCC(O)CN2CCC3OC2C3N2COc3ccccc32)cc1. The molecule has 4 aliphatic heterocycles. The molecule has 4 heterocycles. The van der Waals surface area contributed by atoms with Crippen LogP contribution >= 0.6 is 0 Å². The highest BCUT2D eigenvalue weighted by Crippen LogP contribution is 2.43. The highest BCUT2D eigenvalue weighted by molar-refractivity contribution is 6.05. The van der Waals surface area contributed by atoms with Crippen LogP contribution in [0.1, 0.15) is 22.3 Å². The van der Waals surface area contributed by atoms with Crippen molar-refractivity contribution in [3.63, 3.8) is 0 Å². The second-order valence-electron chi connectivity index (χ2n) is 9.83. The first kappa shape index (κ1) is 23.8. The number of carbonyl (C=O) groups is 1. The number of rotatable bonds is 8. The van der Waals surface area contributed by atoms with Crippen LogP contribution in [0.3, 0.4) is 0 Å². The van der Waals surface area contributed by atoms with Crippen molar-refractivity contribution in [2.24, 2.45) is 0 Å². The quantitative estimate of drug-likeness (QED) is 0.488. The Morgan fingerprint density at radius 2 is 1.89 bits per heavy atom. The fourth-order valence-corrected chi connectivity index (χ4v) is 5.32. The van der Waals surface area contributed by atoms with Gasteiger partial charge in [-0.05, 0) is 49.7 Å². The minimum Gasteiger partial charge on any atom is -0.489 e. The second-order valence-corrected chi connectivity index (χ2v) is 9.83. The zero-order chi connectivity index (χ0) is 25.4. The van der Waals surface area contributed by atoms with Crippen molar-refractivity contribution in [1.29, 1.82) is 0 Å². The van der Waals surface area contributed by atoms with E-state index >= 15 is 0 Å². The van der Waals surface area contributed by atoms with E-state index < -0.39 is 6.10 Å². The smallest absolute Gasteiger partial charge is 0.255 e. The number of hydrogen-bond acceptors (Lipinski definition) is 7. The number of para-hydroxylation sites is 4. The average molecular weight is 502 g/mol. The molecule has 0 spiro atoms. The zero-order valence-electron chi connectivity index (χ0n) is 20.7. The summed E-state index contributed by atoms with van der Waals surface area (Å²) in [5.41, 5.74) is 3.33. The van der Waals surface area contributed by atoms with Crippen molar-refractivity contribution in [2.75, 3.05) is 36.6 Å². The van der Waals surface area contributed by atoms with Gasteiger partial charge in [-0.3, -0.25) is 9.69 Å². The Labute approximate surface area is 216 Å². The number of benzene rings is 3. The van der Waals surface area contributed by atoms with E-state index in [1.54, 1.807) is 24.3 Å². The van der Waals surface area contributed by atoms with Crippen molar-refractivity contribution in [3.8, 4) is 11.5 Å². The lowest BCUT2D eigenvalue weighted by Gasteiger charge is -2.57. The molecule has 7 rings (SSSR count). The summed E-state index contributed by atoms with van der Waals surface area (Å²) in [6.45, 7) is 3.90. The molecule has 8 heteroatoms. The Kier molecular flexibility index (Phi) is 6.46. The number of amides is 1. The van der Waals surface area contributed by atoms with Crippen molar-refractivity contribution in [3.05, 3.63) is 83.9 Å². The van der Waals surface area contributed by atoms with E-state index in [0.29, 0.717) is 30.3 Å². The maximum atomic E-state index is 12.7. The maximum absolute atomic E-state index is 12.7. The minimum absolute atomic E-state index is 0.0933. The normalized spacial score (nSPS) is 23.0. The number of fused-ring (bicyclic) bond motifs is 3. The van der Waals surface area contributed by atoms with Gasteiger partial charge in [0.25, 0.3) is 5.91 Å². The molecule has 3 aromatic carbocycles. The number of ether oxygens (including phenoxy) is 3. The molecule has 37 heavy (non-hydrogen) atoms. The third-order valence-electron chi connectivity index (χ3n) is 7.27. The molecule has 0 radical (unpaired) electrons. The molecule has 3 fully saturated rings. The van der Waals surface area contributed by atoms with Gasteiger partial charge in [0.2, 0.25) is 0 Å². The van der Waals surface area contributed by atoms with Gasteiger partial charge in [0.1, 0.15) is 30.4 Å². The molecule has 8 nitrogen and oxygen atoms in total. The molecule has 4 unspecified atom stereocenters. The van der Waals surface area contributed by atoms with Gasteiger partial charge in [-0.15, -0.1) is 0 Å². The van der Waals surface area contributed by atoms with Crippen LogP contribution in [0.2, 0.25) is 0 Å². The zero-order valence-corrected chi connectivity index (χ0v) is 20.7. The number of aryl methyl sites for hydroxylation is 1. The number of nitrogens with one attached hydrogen (secondary N) is 1. The Morgan fingerprint density at radius 3 is 2.73 bits per heavy atom. The summed E-state index contributed by atoms with van der Waals surface area (Å²) in [6.07, 6.45) is 0.267. The third kappa shape index (κ3) is 4.75. The Morgan fingerprint density at radius 1 is 1.11 bits per heavy atom. The van der Waals surface area contributed by atoms with Gasteiger partial charge < -0.3 is 29.5 Å². The molecule has 3 saturated heterocycles. The lowest BCUT2D eigenvalue weighted by atomic mass is 9.91. The lowest BCUT2D eigenvalue weighted by Crippen LogP contribution is -2.73. The minimum atomic E-state index is -0.718. The topological polar surface area (TPSA) is 83.5 Å². The Hall–Kier alpha value is -3.59. The summed E-state index contributed by atoms with van der Waals surface area (Å²) in [5, 5.41) is 13.8. The van der Waals surface area contributed by atoms with Crippen LogP contribution in [0, 0.1) is 6.92 Å². The van der Waals surface area contributed by atoms with E-state index in [-0.39, 0.29) is 30.9 Å². The first-order chi connectivity index (χ1) is 18.1. The van der Waals surface area contributed by atoms with Crippen LogP contribution in [0.5, 0.6) is 11.5 Å². The van der Waals surface area contributed by atoms with Crippen molar-refractivity contribution in [2.45, 2.75) is 37.8 Å². The lowest BCUT2D eigenvalue weighted by molar-refractivity contribution is -0.254. The number of hydrogen-bond donors (Lipinski definition) is 2. The predicted octanol–water partition coefficient (Wildman–Crippen LogP) is 3.64. The molecule has 0 saturated carbocycles. The molecule has 0 aliphatic carbocycles. The van der Waals surface area contributed by atoms with Gasteiger partial charge in [-0.2, -0.15) is 0 Å². The number of piperidine rings is 1. The van der Waals surface area contributed by atoms with Gasteiger partial charge in [0, 0.05) is 18.7 Å². The Balaban J connectivity index is 1.05. The number of nitrogens with zero attached hydrogens (tertiary/aromatic N) is 2. The van der Waals surface area contributed by atoms with Gasteiger partial charge in [0.15, 0.2) is 6.73 Å². The molecule has 2 N–H and O–H groups in total. The largest absolute Gasteiger partial charge is 0.489 e. The second kappa shape index (κ2) is 10.0. The van der Waals surface area contributed by atoms with Crippen LogP contribution in [0.25, 0.3) is 0 Å². The van der Waals surface area contributed by atoms with Crippen molar-refractivity contribution < 1.29 is 24.1 Å². The van der Waals surface area contributed by atoms with Crippen molar-refractivity contribution in [1.82, 2.24) is 4.90 Å². The summed E-state index contributed by atoms with van der Waals surface area (Å²) >= 11 is 0. The van der Waals surface area contributed by atoms with Crippen molar-refractivity contribution >= 4 is 17.3 Å². The molecule has 4 aliphatic rings. The Bertz CT molecular complexity index is 1260. The van der Waals surface area contributed by atoms with Crippen LogP contribution in [0.4, 0.5) is 11.4 Å². The number of aliphatic hydroxyl groups excluding tert-OH is 1. The predicted molar refractivity (Wildman–Crippen MR) is 140 cm³/mol. The van der Waals surface area contributed by atoms with E-state index in [0.717, 1.165) is 30.0 Å². The first-order valence-electron chi connectivity index (χ1n) is 12.7. The highest BCUT2D eigenvalue weighted by atomic mass is 16.6. The molecular weight excluding hydrogens is 470 g/mol. The van der Waals surface area contributed by atoms with Gasteiger partial charge in [0.05, 0.1) is 23.5 Å². The maximum Gasteiger partial charge on any atom is 0.255 e. The highest BCUT2D eigenvalue weighted by Gasteiger charge is 2.54. The van der Waals surface area contributed by atoms with E-state index in [4.69, 9.17) is 14.2 Å². The van der Waals surface area contributed by atoms with E-state index in [2.05, 4.69) is 21.2 Å². The summed E-state index contributed by atoms with van der Waals surface area (Å²) < 4.78 is 17.9. The molecule has 4 atom stereocenters. The van der Waals surface area contributed by atoms with E-state index in [9.17, 15) is 9.90 Å². The molecule has 1 amide bonds. The van der Waals surface area contributed by atoms with Gasteiger partial charge >= 0.3 is 0 Å². The average Bonchev–Trinajstić information content (AvgIpc) is 3.32. The molecule has 0 aromatic heterocycles. The van der Waals surface area contributed by atoms with Crippen LogP contribution in [-0.4, -0.2) is 66.8 Å². The van der Waals surface area contributed by atoms with E-state index in [1.807, 2.05) is 49.4 Å².